The van der Waals surface area contributed by atoms with Crippen LogP contribution in [0.25, 0.3) is 11.0 Å². The molecule has 17 heavy (non-hydrogen) atoms. The highest BCUT2D eigenvalue weighted by molar-refractivity contribution is 6.33. The van der Waals surface area contributed by atoms with Crippen molar-refractivity contribution in [3.8, 4) is 0 Å². The van der Waals surface area contributed by atoms with E-state index in [9.17, 15) is 13.2 Å². The van der Waals surface area contributed by atoms with E-state index < -0.39 is 12.7 Å². The van der Waals surface area contributed by atoms with Gasteiger partial charge in [0.25, 0.3) is 0 Å². The Morgan fingerprint density at radius 1 is 1.24 bits per heavy atom. The summed E-state index contributed by atoms with van der Waals surface area (Å²) < 4.78 is 37.8. The Hall–Kier alpha value is -1.37. The van der Waals surface area contributed by atoms with Crippen molar-refractivity contribution in [3.05, 3.63) is 16.7 Å². The third-order valence-electron chi connectivity index (χ3n) is 2.15. The lowest BCUT2D eigenvalue weighted by molar-refractivity contribution is -0.141. The van der Waals surface area contributed by atoms with E-state index in [0.717, 1.165) is 4.68 Å². The fourth-order valence-electron chi connectivity index (χ4n) is 1.58. The van der Waals surface area contributed by atoms with Gasteiger partial charge in [0, 0.05) is 0 Å². The molecular weight excluding hydrogens is 257 g/mol. The molecule has 0 aliphatic heterocycles. The zero-order valence-corrected chi connectivity index (χ0v) is 9.76. The number of aromatic nitrogens is 4. The maximum absolute atomic E-state index is 12.3. The molecule has 92 valence electrons. The molecule has 0 spiro atoms. The number of alkyl halides is 3. The number of aryl methyl sites for hydroxylation is 2. The first-order valence-corrected chi connectivity index (χ1v) is 5.10. The van der Waals surface area contributed by atoms with E-state index in [1.165, 1.54) is 0 Å². The molecule has 8 heteroatoms. The number of hydrogen-bond acceptors (Lipinski definition) is 3. The molecule has 2 heterocycles. The zero-order chi connectivity index (χ0) is 12.8. The molecule has 0 saturated heterocycles. The first kappa shape index (κ1) is 12.1. The third kappa shape index (κ3) is 2.33. The Kier molecular flexibility index (Phi) is 2.73. The number of nitrogens with zero attached hydrogens (tertiary/aromatic N) is 4. The van der Waals surface area contributed by atoms with Gasteiger partial charge in [0.1, 0.15) is 23.4 Å². The van der Waals surface area contributed by atoms with Crippen LogP contribution in [-0.2, 0) is 6.54 Å². The SMILES string of the molecule is Cc1nc(Cl)c2c(n1)c(C)nn2CC(F)(F)F. The van der Waals surface area contributed by atoms with E-state index in [1.807, 2.05) is 0 Å². The van der Waals surface area contributed by atoms with Gasteiger partial charge in [-0.15, -0.1) is 0 Å². The van der Waals surface area contributed by atoms with E-state index in [1.54, 1.807) is 13.8 Å². The molecular formula is C9H8ClF3N4. The molecule has 0 fully saturated rings. The minimum Gasteiger partial charge on any atom is -0.251 e. The molecule has 0 aliphatic carbocycles. The minimum absolute atomic E-state index is 0.0163. The second kappa shape index (κ2) is 3.83. The predicted octanol–water partition coefficient (Wildman–Crippen LogP) is 2.66. The topological polar surface area (TPSA) is 43.6 Å². The van der Waals surface area contributed by atoms with Gasteiger partial charge in [0.2, 0.25) is 0 Å². The first-order chi connectivity index (χ1) is 7.78. The molecule has 0 aliphatic rings. The Morgan fingerprint density at radius 3 is 2.47 bits per heavy atom. The van der Waals surface area contributed by atoms with Crippen molar-refractivity contribution in [3.63, 3.8) is 0 Å². The van der Waals surface area contributed by atoms with Gasteiger partial charge in [0.05, 0.1) is 5.69 Å². The average molecular weight is 265 g/mol. The van der Waals surface area contributed by atoms with E-state index >= 15 is 0 Å². The molecule has 0 bridgehead atoms. The van der Waals surface area contributed by atoms with Gasteiger partial charge in [-0.3, -0.25) is 4.68 Å². The fourth-order valence-corrected chi connectivity index (χ4v) is 1.89. The molecule has 0 saturated carbocycles. The quantitative estimate of drug-likeness (QED) is 0.744. The summed E-state index contributed by atoms with van der Waals surface area (Å²) in [6.07, 6.45) is -4.36. The first-order valence-electron chi connectivity index (χ1n) is 4.72. The highest BCUT2D eigenvalue weighted by Crippen LogP contribution is 2.26. The summed E-state index contributed by atoms with van der Waals surface area (Å²) in [6.45, 7) is 1.99. The summed E-state index contributed by atoms with van der Waals surface area (Å²) in [4.78, 5) is 7.87. The average Bonchev–Trinajstić information content (AvgIpc) is 2.39. The Labute approximate surface area is 99.4 Å². The lowest BCUT2D eigenvalue weighted by Crippen LogP contribution is -2.18. The van der Waals surface area contributed by atoms with E-state index in [-0.39, 0.29) is 10.7 Å². The lowest BCUT2D eigenvalue weighted by Gasteiger charge is -2.07. The summed E-state index contributed by atoms with van der Waals surface area (Å²) >= 11 is 5.83. The summed E-state index contributed by atoms with van der Waals surface area (Å²) in [5.41, 5.74) is 0.871. The fraction of sp³-hybridized carbons (Fsp3) is 0.444. The molecule has 0 atom stereocenters. The number of hydrogen-bond donors (Lipinski definition) is 0. The molecule has 0 aromatic carbocycles. The van der Waals surface area contributed by atoms with Crippen molar-refractivity contribution in [1.29, 1.82) is 0 Å². The Balaban J connectivity index is 2.66. The summed E-state index contributed by atoms with van der Waals surface area (Å²) in [6, 6.07) is 0. The maximum atomic E-state index is 12.3. The predicted molar refractivity (Wildman–Crippen MR) is 55.9 cm³/mol. The van der Waals surface area contributed by atoms with Gasteiger partial charge in [0.15, 0.2) is 5.15 Å². The Bertz CT molecular complexity index is 576. The molecule has 0 N–H and O–H groups in total. The van der Waals surface area contributed by atoms with Crippen molar-refractivity contribution < 1.29 is 13.2 Å². The van der Waals surface area contributed by atoms with Crippen LogP contribution in [-0.4, -0.2) is 25.9 Å². The highest BCUT2D eigenvalue weighted by Gasteiger charge is 2.30. The van der Waals surface area contributed by atoms with Crippen LogP contribution in [0, 0.1) is 13.8 Å². The second-order valence-corrected chi connectivity index (χ2v) is 3.98. The zero-order valence-electron chi connectivity index (χ0n) is 9.01. The molecule has 0 radical (unpaired) electrons. The van der Waals surface area contributed by atoms with E-state index in [4.69, 9.17) is 11.6 Å². The van der Waals surface area contributed by atoms with Gasteiger partial charge < -0.3 is 0 Å². The highest BCUT2D eigenvalue weighted by atomic mass is 35.5. The number of fused-ring (bicyclic) bond motifs is 1. The van der Waals surface area contributed by atoms with Crippen LogP contribution < -0.4 is 0 Å². The molecule has 0 unspecified atom stereocenters. The monoisotopic (exact) mass is 264 g/mol. The van der Waals surface area contributed by atoms with Crippen molar-refractivity contribution in [2.45, 2.75) is 26.6 Å². The lowest BCUT2D eigenvalue weighted by atomic mass is 10.3. The second-order valence-electron chi connectivity index (χ2n) is 3.62. The van der Waals surface area contributed by atoms with Gasteiger partial charge in [-0.2, -0.15) is 18.3 Å². The number of halogens is 4. The van der Waals surface area contributed by atoms with Crippen LogP contribution in [0.1, 0.15) is 11.5 Å². The standard InChI is InChI=1S/C9H8ClF3N4/c1-4-6-7(8(10)15-5(2)14-6)17(16-4)3-9(11,12)13/h3H2,1-2H3. The van der Waals surface area contributed by atoms with E-state index in [2.05, 4.69) is 15.1 Å². The van der Waals surface area contributed by atoms with Gasteiger partial charge in [-0.1, -0.05) is 11.6 Å². The van der Waals surface area contributed by atoms with Crippen molar-refractivity contribution in [2.24, 2.45) is 0 Å². The van der Waals surface area contributed by atoms with Crippen LogP contribution in [0.4, 0.5) is 13.2 Å². The maximum Gasteiger partial charge on any atom is 0.408 e. The summed E-state index contributed by atoms with van der Waals surface area (Å²) in [5.74, 6) is 0.400. The van der Waals surface area contributed by atoms with Crippen LogP contribution in [0.2, 0.25) is 5.15 Å². The van der Waals surface area contributed by atoms with Crippen LogP contribution >= 0.6 is 11.6 Å². The van der Waals surface area contributed by atoms with Crippen molar-refractivity contribution in [1.82, 2.24) is 19.7 Å². The van der Waals surface area contributed by atoms with Crippen LogP contribution in [0.3, 0.4) is 0 Å². The molecule has 0 amide bonds. The Morgan fingerprint density at radius 2 is 1.88 bits per heavy atom. The van der Waals surface area contributed by atoms with Crippen LogP contribution in [0.15, 0.2) is 0 Å². The summed E-state index contributed by atoms with van der Waals surface area (Å²) in [5, 5.41) is 3.77. The van der Waals surface area contributed by atoms with Gasteiger partial charge in [-0.05, 0) is 13.8 Å². The minimum atomic E-state index is -4.36. The molecule has 2 aromatic rings. The third-order valence-corrected chi connectivity index (χ3v) is 2.42. The molecule has 2 rings (SSSR count). The smallest absolute Gasteiger partial charge is 0.251 e. The van der Waals surface area contributed by atoms with E-state index in [0.29, 0.717) is 17.0 Å². The largest absolute Gasteiger partial charge is 0.408 e. The van der Waals surface area contributed by atoms with Crippen molar-refractivity contribution in [2.75, 3.05) is 0 Å². The number of rotatable bonds is 1. The normalized spacial score (nSPS) is 12.4. The van der Waals surface area contributed by atoms with Gasteiger partial charge >= 0.3 is 6.18 Å². The molecule has 2 aromatic heterocycles. The van der Waals surface area contributed by atoms with Crippen LogP contribution in [0.5, 0.6) is 0 Å². The van der Waals surface area contributed by atoms with Crippen molar-refractivity contribution >= 4 is 22.6 Å². The summed E-state index contributed by atoms with van der Waals surface area (Å²) in [7, 11) is 0. The van der Waals surface area contributed by atoms with Gasteiger partial charge in [-0.25, -0.2) is 9.97 Å². The molecule has 4 nitrogen and oxygen atoms in total.